The molecule has 4 rings (SSSR count). The summed E-state index contributed by atoms with van der Waals surface area (Å²) in [4.78, 5) is 37.4. The molecule has 0 bridgehead atoms. The van der Waals surface area contributed by atoms with E-state index in [0.717, 1.165) is 44.7 Å². The molecular formula is C18H24N4O2. The highest BCUT2D eigenvalue weighted by Crippen LogP contribution is 2.42. The van der Waals surface area contributed by atoms with Crippen LogP contribution in [0.3, 0.4) is 0 Å². The van der Waals surface area contributed by atoms with Crippen LogP contribution in [0.25, 0.3) is 0 Å². The number of carbonyl (C=O) groups is 2. The molecule has 0 atom stereocenters. The zero-order chi connectivity index (χ0) is 16.6. The first-order valence-corrected chi connectivity index (χ1v) is 9.03. The Morgan fingerprint density at radius 1 is 1.21 bits per heavy atom. The Balaban J connectivity index is 1.41. The van der Waals surface area contributed by atoms with Gasteiger partial charge in [0.1, 0.15) is 12.0 Å². The number of hydrogen-bond acceptors (Lipinski definition) is 4. The Labute approximate surface area is 142 Å². The van der Waals surface area contributed by atoms with E-state index in [-0.39, 0.29) is 11.3 Å². The van der Waals surface area contributed by atoms with Crippen molar-refractivity contribution in [2.75, 3.05) is 26.2 Å². The molecule has 6 nitrogen and oxygen atoms in total. The van der Waals surface area contributed by atoms with Gasteiger partial charge in [0, 0.05) is 32.4 Å². The van der Waals surface area contributed by atoms with E-state index in [1.54, 1.807) is 12.3 Å². The fraction of sp³-hybridized carbons (Fsp3) is 0.667. The van der Waals surface area contributed by atoms with Crippen LogP contribution in [0.15, 0.2) is 18.6 Å². The minimum Gasteiger partial charge on any atom is -0.342 e. The number of likely N-dealkylation sites (tertiary alicyclic amines) is 2. The Bertz CT molecular complexity index is 621. The average Bonchev–Trinajstić information content (AvgIpc) is 3.44. The second-order valence-corrected chi connectivity index (χ2v) is 7.47. The second kappa shape index (κ2) is 6.15. The lowest BCUT2D eigenvalue weighted by Crippen LogP contribution is -2.54. The van der Waals surface area contributed by atoms with Gasteiger partial charge in [0.2, 0.25) is 5.91 Å². The van der Waals surface area contributed by atoms with Gasteiger partial charge < -0.3 is 9.80 Å². The molecule has 2 amide bonds. The Morgan fingerprint density at radius 2 is 2.00 bits per heavy atom. The third-order valence-corrected chi connectivity index (χ3v) is 5.81. The normalized spacial score (nSPS) is 23.6. The highest BCUT2D eigenvalue weighted by atomic mass is 16.2. The smallest absolute Gasteiger partial charge is 0.272 e. The van der Waals surface area contributed by atoms with E-state index in [1.165, 1.54) is 19.2 Å². The standard InChI is InChI=1S/C18H24N4O2/c23-16(15-4-8-19-13-20-15)21-10-6-18(7-11-21)5-1-9-22(17(18)24)12-14-2-3-14/h4,8,13-14H,1-3,5-7,9-12H2. The topological polar surface area (TPSA) is 66.4 Å². The first kappa shape index (κ1) is 15.5. The summed E-state index contributed by atoms with van der Waals surface area (Å²) in [5.74, 6) is 1.03. The van der Waals surface area contributed by atoms with Gasteiger partial charge in [-0.2, -0.15) is 0 Å². The van der Waals surface area contributed by atoms with E-state index in [9.17, 15) is 9.59 Å². The maximum Gasteiger partial charge on any atom is 0.272 e. The van der Waals surface area contributed by atoms with Crippen LogP contribution in [0.2, 0.25) is 0 Å². The molecule has 1 aromatic heterocycles. The quantitative estimate of drug-likeness (QED) is 0.847. The third kappa shape index (κ3) is 2.89. The second-order valence-electron chi connectivity index (χ2n) is 7.47. The van der Waals surface area contributed by atoms with Crippen molar-refractivity contribution in [3.63, 3.8) is 0 Å². The van der Waals surface area contributed by atoms with Crippen LogP contribution in [-0.2, 0) is 4.79 Å². The number of piperidine rings is 2. The zero-order valence-electron chi connectivity index (χ0n) is 14.0. The van der Waals surface area contributed by atoms with Crippen LogP contribution < -0.4 is 0 Å². The van der Waals surface area contributed by atoms with Crippen molar-refractivity contribution in [2.24, 2.45) is 11.3 Å². The molecule has 128 valence electrons. The molecule has 0 radical (unpaired) electrons. The van der Waals surface area contributed by atoms with Crippen molar-refractivity contribution in [2.45, 2.75) is 38.5 Å². The number of hydrogen-bond donors (Lipinski definition) is 0. The van der Waals surface area contributed by atoms with Gasteiger partial charge in [-0.25, -0.2) is 9.97 Å². The average molecular weight is 328 g/mol. The molecule has 2 saturated heterocycles. The van der Waals surface area contributed by atoms with Crippen LogP contribution >= 0.6 is 0 Å². The highest BCUT2D eigenvalue weighted by Gasteiger charge is 2.47. The van der Waals surface area contributed by atoms with Crippen molar-refractivity contribution in [3.05, 3.63) is 24.3 Å². The number of nitrogens with zero attached hydrogens (tertiary/aromatic N) is 4. The van der Waals surface area contributed by atoms with Gasteiger partial charge >= 0.3 is 0 Å². The number of amides is 2. The van der Waals surface area contributed by atoms with E-state index >= 15 is 0 Å². The van der Waals surface area contributed by atoms with Crippen LogP contribution in [0.1, 0.15) is 49.0 Å². The molecule has 1 spiro atoms. The van der Waals surface area contributed by atoms with Gasteiger partial charge in [0.05, 0.1) is 5.41 Å². The van der Waals surface area contributed by atoms with Gasteiger partial charge in [0.25, 0.3) is 5.91 Å². The number of aromatic nitrogens is 2. The van der Waals surface area contributed by atoms with E-state index in [1.807, 2.05) is 4.90 Å². The molecule has 6 heteroatoms. The minimum atomic E-state index is -0.227. The molecular weight excluding hydrogens is 304 g/mol. The zero-order valence-corrected chi connectivity index (χ0v) is 14.0. The molecule has 1 saturated carbocycles. The van der Waals surface area contributed by atoms with Crippen molar-refractivity contribution in [1.82, 2.24) is 19.8 Å². The molecule has 0 unspecified atom stereocenters. The maximum absolute atomic E-state index is 13.0. The Hall–Kier alpha value is -1.98. The monoisotopic (exact) mass is 328 g/mol. The summed E-state index contributed by atoms with van der Waals surface area (Å²) in [6.45, 7) is 3.16. The lowest BCUT2D eigenvalue weighted by Gasteiger charge is -2.46. The SMILES string of the molecule is O=C(c1ccncn1)N1CCC2(CCCN(CC3CC3)C2=O)CC1. The summed E-state index contributed by atoms with van der Waals surface area (Å²) in [6, 6.07) is 1.65. The predicted molar refractivity (Wildman–Crippen MR) is 88.1 cm³/mol. The molecule has 24 heavy (non-hydrogen) atoms. The van der Waals surface area contributed by atoms with E-state index in [2.05, 4.69) is 14.9 Å². The molecule has 0 N–H and O–H groups in total. The largest absolute Gasteiger partial charge is 0.342 e. The van der Waals surface area contributed by atoms with E-state index < -0.39 is 0 Å². The van der Waals surface area contributed by atoms with Crippen molar-refractivity contribution in [3.8, 4) is 0 Å². The first-order valence-electron chi connectivity index (χ1n) is 9.03. The summed E-state index contributed by atoms with van der Waals surface area (Å²) >= 11 is 0. The van der Waals surface area contributed by atoms with Crippen molar-refractivity contribution < 1.29 is 9.59 Å². The summed E-state index contributed by atoms with van der Waals surface area (Å²) in [5, 5.41) is 0. The Morgan fingerprint density at radius 3 is 2.67 bits per heavy atom. The lowest BCUT2D eigenvalue weighted by molar-refractivity contribution is -0.149. The lowest BCUT2D eigenvalue weighted by atomic mass is 9.71. The van der Waals surface area contributed by atoms with E-state index in [4.69, 9.17) is 0 Å². The van der Waals surface area contributed by atoms with Crippen LogP contribution in [0.5, 0.6) is 0 Å². The summed E-state index contributed by atoms with van der Waals surface area (Å²) < 4.78 is 0. The van der Waals surface area contributed by atoms with Crippen molar-refractivity contribution in [1.29, 1.82) is 0 Å². The van der Waals surface area contributed by atoms with Crippen LogP contribution in [-0.4, -0.2) is 57.8 Å². The minimum absolute atomic E-state index is 0.0506. The van der Waals surface area contributed by atoms with Gasteiger partial charge in [-0.05, 0) is 50.5 Å². The fourth-order valence-corrected chi connectivity index (χ4v) is 4.12. The van der Waals surface area contributed by atoms with Crippen LogP contribution in [0, 0.1) is 11.3 Å². The molecule has 2 aliphatic heterocycles. The predicted octanol–water partition coefficient (Wildman–Crippen LogP) is 1.73. The maximum atomic E-state index is 13.0. The third-order valence-electron chi connectivity index (χ3n) is 5.81. The number of rotatable bonds is 3. The molecule has 0 aromatic carbocycles. The molecule has 3 aliphatic rings. The van der Waals surface area contributed by atoms with Gasteiger partial charge in [-0.3, -0.25) is 9.59 Å². The summed E-state index contributed by atoms with van der Waals surface area (Å²) in [5.41, 5.74) is 0.210. The van der Waals surface area contributed by atoms with Gasteiger partial charge in [0.15, 0.2) is 0 Å². The van der Waals surface area contributed by atoms with Crippen molar-refractivity contribution >= 4 is 11.8 Å². The molecule has 1 aromatic rings. The fourth-order valence-electron chi connectivity index (χ4n) is 4.12. The first-order chi connectivity index (χ1) is 11.7. The molecule has 3 heterocycles. The van der Waals surface area contributed by atoms with Gasteiger partial charge in [-0.15, -0.1) is 0 Å². The van der Waals surface area contributed by atoms with E-state index in [0.29, 0.717) is 24.7 Å². The van der Waals surface area contributed by atoms with Crippen LogP contribution in [0.4, 0.5) is 0 Å². The molecule has 1 aliphatic carbocycles. The summed E-state index contributed by atoms with van der Waals surface area (Å²) in [6.07, 6.45) is 9.18. The molecule has 3 fully saturated rings. The van der Waals surface area contributed by atoms with Gasteiger partial charge in [-0.1, -0.05) is 0 Å². The highest BCUT2D eigenvalue weighted by molar-refractivity contribution is 5.92. The Kier molecular flexibility index (Phi) is 3.98. The number of carbonyl (C=O) groups excluding carboxylic acids is 2. The summed E-state index contributed by atoms with van der Waals surface area (Å²) in [7, 11) is 0.